The van der Waals surface area contributed by atoms with Gasteiger partial charge in [0.2, 0.25) is 35.6 Å². The number of hydrogen-bond donors (Lipinski definition) is 10. The molecule has 0 spiro atoms. The van der Waals surface area contributed by atoms with E-state index < -0.39 is 17.7 Å². The van der Waals surface area contributed by atoms with Gasteiger partial charge in [0.05, 0.1) is 40.9 Å². The molecular formula is C88H79N27O8. The van der Waals surface area contributed by atoms with E-state index in [-0.39, 0.29) is 94.8 Å². The van der Waals surface area contributed by atoms with Crippen LogP contribution in [0.5, 0.6) is 0 Å². The Morgan fingerprint density at radius 1 is 0.431 bits per heavy atom. The van der Waals surface area contributed by atoms with Gasteiger partial charge in [0.1, 0.15) is 5.69 Å². The Morgan fingerprint density at radius 2 is 0.837 bits per heavy atom. The first-order valence-corrected chi connectivity index (χ1v) is 38.6. The molecule has 2 aliphatic heterocycles. The Kier molecular flexibility index (Phi) is 27.9. The molecule has 35 nitrogen and oxygen atoms in total. The topological polar surface area (TPSA) is 454 Å². The highest BCUT2D eigenvalue weighted by Crippen LogP contribution is 2.26. The van der Waals surface area contributed by atoms with Crippen molar-refractivity contribution in [1.82, 2.24) is 79.7 Å². The lowest BCUT2D eigenvalue weighted by Gasteiger charge is -2.20. The third-order valence-electron chi connectivity index (χ3n) is 18.8. The van der Waals surface area contributed by atoms with Gasteiger partial charge in [-0.3, -0.25) is 85.9 Å². The molecule has 2 aliphatic rings. The number of benzene rings is 9. The number of carbonyl (C=O) groups is 8. The maximum absolute atomic E-state index is 12.8. The van der Waals surface area contributed by atoms with Gasteiger partial charge in [-0.15, -0.1) is 26.8 Å². The minimum atomic E-state index is -0.496. The number of carbonyl (C=O) groups excluding carboxylic acids is 8. The zero-order valence-corrected chi connectivity index (χ0v) is 66.4. The number of amides is 8. The van der Waals surface area contributed by atoms with Crippen LogP contribution in [0.15, 0.2) is 266 Å². The van der Waals surface area contributed by atoms with Crippen molar-refractivity contribution in [2.45, 2.75) is 52.5 Å². The summed E-state index contributed by atoms with van der Waals surface area (Å²) in [5, 5.41) is 49.2. The summed E-state index contributed by atoms with van der Waals surface area (Å²) in [5.41, 5.74) is 17.2. The maximum Gasteiger partial charge on any atom is 0.278 e. The molecule has 0 aliphatic carbocycles. The predicted octanol–water partition coefficient (Wildman–Crippen LogP) is 12.8. The third kappa shape index (κ3) is 22.3. The van der Waals surface area contributed by atoms with E-state index in [0.29, 0.717) is 57.0 Å². The molecule has 123 heavy (non-hydrogen) atoms. The lowest BCUT2D eigenvalue weighted by atomic mass is 9.99. The van der Waals surface area contributed by atoms with Crippen LogP contribution in [-0.4, -0.2) is 142 Å². The van der Waals surface area contributed by atoms with Crippen molar-refractivity contribution >= 4 is 101 Å². The summed E-state index contributed by atoms with van der Waals surface area (Å²) in [4.78, 5) is 129. The molecule has 9 aromatic carbocycles. The minimum Gasteiger partial charge on any atom is -0.316 e. The van der Waals surface area contributed by atoms with Crippen LogP contribution in [0.2, 0.25) is 0 Å². The summed E-state index contributed by atoms with van der Waals surface area (Å²) >= 11 is 0. The van der Waals surface area contributed by atoms with Gasteiger partial charge < -0.3 is 10.6 Å². The van der Waals surface area contributed by atoms with E-state index >= 15 is 0 Å². The number of anilines is 8. The molecule has 10 N–H and O–H groups in total. The fourth-order valence-electron chi connectivity index (χ4n) is 12.6. The zero-order chi connectivity index (χ0) is 86.0. The summed E-state index contributed by atoms with van der Waals surface area (Å²) in [5.74, 6) is 0.815. The summed E-state index contributed by atoms with van der Waals surface area (Å²) in [6.07, 6.45) is 13.2. The molecule has 0 radical (unpaired) electrons. The molecule has 614 valence electrons. The second-order valence-electron chi connectivity index (χ2n) is 27.4. The number of nitrogens with zero attached hydrogens (tertiary/aromatic N) is 17. The smallest absolute Gasteiger partial charge is 0.278 e. The van der Waals surface area contributed by atoms with Gasteiger partial charge in [-0.1, -0.05) is 157 Å². The molecule has 0 bridgehead atoms. The van der Waals surface area contributed by atoms with Crippen LogP contribution in [0, 0.1) is 39.0 Å². The second-order valence-corrected chi connectivity index (χ2v) is 27.4. The van der Waals surface area contributed by atoms with Crippen molar-refractivity contribution in [2.75, 3.05) is 62.2 Å². The zero-order valence-electron chi connectivity index (χ0n) is 66.4. The number of aryl methyl sites for hydroxylation is 3. The summed E-state index contributed by atoms with van der Waals surface area (Å²) < 4.78 is 5.86. The number of nitrogens with one attached hydrogen (secondary N) is 10. The third-order valence-corrected chi connectivity index (χ3v) is 18.8. The van der Waals surface area contributed by atoms with E-state index in [9.17, 15) is 38.4 Å². The standard InChI is InChI=1S/C24H16N8O2.C22H24N6O2.C21H17N7O2.C21H22N6O2/c1-2-16-7-6-8-18(15-16)22(34)26-23-28-24(32(30-23)20-9-4-3-5-10-20)27-21(33)17-11-13-19(14-12-17)29-31-25;1-15-8-5-6-12-18(15)20(30)25-22-26-21(24-19(29)16-9-7-13-23-14-16)27-28(22)17-10-3-2-4-11-17;1-14-7-5-6-10-16(14)18(29)24-20-26-21(25-19(30)17-13-22-11-12-23-17)28(27-20)15-8-3-2-4-9-15;1-14-8-5-6-11-16(14)18(28)24-21-25-20(23-19(29)17-12-7-13-22-17)26-27(21)15-9-3-2-4-10-15/h1,3-15H,(H2,26,27,28,30,33,34);2-6,8,10-12,16,23H,7,9,13-14H2,1H3,(H2,24,25,26,27,29,30);2-13H,1H3,(H2,24,25,26,27,29,30);2-6,8-11,17,22H,7,12-13H2,1H3,(H2,23,24,25,26,28,29). The Morgan fingerprint density at radius 3 is 1.25 bits per heavy atom. The highest BCUT2D eigenvalue weighted by atomic mass is 16.2. The van der Waals surface area contributed by atoms with Crippen molar-refractivity contribution in [3.63, 3.8) is 0 Å². The number of terminal acetylenes is 1. The first-order chi connectivity index (χ1) is 59.9. The second kappa shape index (κ2) is 40.8. The first-order valence-electron chi connectivity index (χ1n) is 38.6. The SMILES string of the molecule is C#Cc1cccc(C(=O)Nc2nc(NC(=O)c3ccc(N=[N+]=[N-])cc3)n(-c3ccccc3)n2)c1.Cc1ccccc1C(=O)Nc1nc(NC(=O)C2CCCN2)nn1-c1ccccc1.Cc1ccccc1C(=O)Nc1nc(NC(=O)C2CCCNC2)nn1-c1ccccc1.Cc1ccccc1C(=O)Nc1nc(NC(=O)c2cnccn2)n(-c2ccccc2)n1. The van der Waals surface area contributed by atoms with Gasteiger partial charge in [-0.2, -0.15) is 38.7 Å². The average molecular weight is 1640 g/mol. The number of hydrogen-bond acceptors (Lipinski definition) is 21. The summed E-state index contributed by atoms with van der Waals surface area (Å²) in [6.45, 7) is 7.98. The van der Waals surface area contributed by atoms with E-state index in [0.717, 1.165) is 66.8 Å². The predicted molar refractivity (Wildman–Crippen MR) is 462 cm³/mol. The number of aromatic nitrogens is 14. The van der Waals surface area contributed by atoms with Gasteiger partial charge in [-0.25, -0.2) is 4.98 Å². The first kappa shape index (κ1) is 84.1. The molecule has 35 heteroatoms. The molecule has 16 rings (SSSR count). The molecule has 7 heterocycles. The van der Waals surface area contributed by atoms with Crippen molar-refractivity contribution in [1.29, 1.82) is 0 Å². The van der Waals surface area contributed by atoms with Gasteiger partial charge in [0.15, 0.2) is 0 Å². The lowest BCUT2D eigenvalue weighted by molar-refractivity contribution is -0.120. The molecule has 2 unspecified atom stereocenters. The van der Waals surface area contributed by atoms with Crippen LogP contribution in [0.3, 0.4) is 0 Å². The molecule has 2 atom stereocenters. The van der Waals surface area contributed by atoms with Crippen LogP contribution in [-0.2, 0) is 9.59 Å². The monoisotopic (exact) mass is 1640 g/mol. The van der Waals surface area contributed by atoms with E-state index in [2.05, 4.69) is 119 Å². The van der Waals surface area contributed by atoms with Gasteiger partial charge in [-0.05, 0) is 179 Å². The molecule has 14 aromatic rings. The van der Waals surface area contributed by atoms with E-state index in [1.807, 2.05) is 154 Å². The quantitative estimate of drug-likeness (QED) is 0.0138. The molecular weight excluding hydrogens is 1560 g/mol. The van der Waals surface area contributed by atoms with Crippen LogP contribution in [0.4, 0.5) is 53.3 Å². The number of rotatable bonds is 21. The number of azide groups is 1. The summed E-state index contributed by atoms with van der Waals surface area (Å²) in [6, 6.07) is 71.1. The largest absolute Gasteiger partial charge is 0.316 e. The van der Waals surface area contributed by atoms with Crippen molar-refractivity contribution in [3.8, 4) is 35.1 Å². The highest BCUT2D eigenvalue weighted by molar-refractivity contribution is 6.08. The van der Waals surface area contributed by atoms with Crippen molar-refractivity contribution < 1.29 is 38.4 Å². The summed E-state index contributed by atoms with van der Waals surface area (Å²) in [7, 11) is 0. The van der Waals surface area contributed by atoms with Crippen molar-refractivity contribution in [3.05, 3.63) is 327 Å². The Labute approximate surface area is 703 Å². The van der Waals surface area contributed by atoms with Crippen molar-refractivity contribution in [2.24, 2.45) is 11.0 Å². The fourth-order valence-corrected chi connectivity index (χ4v) is 12.6. The number of piperidine rings is 1. The molecule has 2 saturated heterocycles. The van der Waals surface area contributed by atoms with Crippen LogP contribution < -0.4 is 53.2 Å². The molecule has 8 amide bonds. The van der Waals surface area contributed by atoms with E-state index in [4.69, 9.17) is 12.0 Å². The molecule has 5 aromatic heterocycles. The average Bonchev–Trinajstić information content (AvgIpc) is 1.68. The van der Waals surface area contributed by atoms with Crippen LogP contribution in [0.25, 0.3) is 33.2 Å². The van der Waals surface area contributed by atoms with Crippen LogP contribution in [0.1, 0.15) is 110 Å². The fraction of sp³-hybridized carbons (Fsp3) is 0.136. The normalized spacial score (nSPS) is 13.0. The Balaban J connectivity index is 0.000000141. The van der Waals surface area contributed by atoms with E-state index in [1.54, 1.807) is 84.9 Å². The van der Waals surface area contributed by atoms with Gasteiger partial charge in [0, 0.05) is 62.9 Å². The minimum absolute atomic E-state index is 0.00558. The lowest BCUT2D eigenvalue weighted by Crippen LogP contribution is -2.37. The van der Waals surface area contributed by atoms with Gasteiger partial charge >= 0.3 is 0 Å². The molecule has 2 fully saturated rings. The van der Waals surface area contributed by atoms with Gasteiger partial charge in [0.25, 0.3) is 59.2 Å². The highest BCUT2D eigenvalue weighted by Gasteiger charge is 2.28. The Bertz CT molecular complexity index is 6200. The van der Waals surface area contributed by atoms with Crippen LogP contribution >= 0.6 is 0 Å². The molecule has 0 saturated carbocycles. The Hall–Kier alpha value is -16.8. The van der Waals surface area contributed by atoms with E-state index in [1.165, 1.54) is 61.6 Å². The number of para-hydroxylation sites is 4. The maximum atomic E-state index is 12.8.